The third-order valence-corrected chi connectivity index (χ3v) is 5.42. The van der Waals surface area contributed by atoms with Gasteiger partial charge in [-0.25, -0.2) is 4.39 Å². The molecule has 3 unspecified atom stereocenters. The predicted octanol–water partition coefficient (Wildman–Crippen LogP) is 4.84. The van der Waals surface area contributed by atoms with Gasteiger partial charge in [0.1, 0.15) is 17.3 Å². The van der Waals surface area contributed by atoms with Crippen LogP contribution in [0.15, 0.2) is 48.5 Å². The number of rotatable bonds is 9. The van der Waals surface area contributed by atoms with E-state index in [1.165, 1.54) is 12.1 Å². The van der Waals surface area contributed by atoms with Gasteiger partial charge in [0.25, 0.3) is 0 Å². The Kier molecular flexibility index (Phi) is 7.83. The zero-order valence-corrected chi connectivity index (χ0v) is 16.4. The molecule has 1 aliphatic heterocycles. The van der Waals surface area contributed by atoms with Gasteiger partial charge in [0.15, 0.2) is 0 Å². The number of nitrogens with one attached hydrogen (secondary N) is 1. The highest BCUT2D eigenvalue weighted by Gasteiger charge is 2.22. The lowest BCUT2D eigenvalue weighted by molar-refractivity contribution is 0.0638. The fourth-order valence-corrected chi connectivity index (χ4v) is 3.85. The molecular weight excluding hydrogens is 357 g/mol. The van der Waals surface area contributed by atoms with E-state index in [9.17, 15) is 9.50 Å². The van der Waals surface area contributed by atoms with Crippen LogP contribution in [-0.2, 0) is 4.74 Å². The van der Waals surface area contributed by atoms with E-state index in [1.807, 2.05) is 24.3 Å². The van der Waals surface area contributed by atoms with E-state index in [1.54, 1.807) is 19.2 Å². The first-order valence-electron chi connectivity index (χ1n) is 10.1. The summed E-state index contributed by atoms with van der Waals surface area (Å²) in [5, 5.41) is 13.8. The monoisotopic (exact) mass is 387 g/mol. The summed E-state index contributed by atoms with van der Waals surface area (Å²) in [4.78, 5) is 0. The smallest absolute Gasteiger partial charge is 0.133 e. The first kappa shape index (κ1) is 20.8. The van der Waals surface area contributed by atoms with Crippen molar-refractivity contribution in [3.8, 4) is 11.5 Å². The molecule has 1 saturated heterocycles. The lowest BCUT2D eigenvalue weighted by Crippen LogP contribution is -2.36. The Hall–Kier alpha value is -1.95. The Morgan fingerprint density at radius 1 is 1.18 bits per heavy atom. The molecule has 2 aromatic rings. The Morgan fingerprint density at radius 3 is 2.79 bits per heavy atom. The second kappa shape index (κ2) is 10.6. The van der Waals surface area contributed by atoms with Crippen molar-refractivity contribution < 1.29 is 19.0 Å². The van der Waals surface area contributed by atoms with E-state index >= 15 is 0 Å². The van der Waals surface area contributed by atoms with Gasteiger partial charge in [-0.15, -0.1) is 0 Å². The van der Waals surface area contributed by atoms with Gasteiger partial charge in [0.2, 0.25) is 0 Å². The largest absolute Gasteiger partial charge is 0.457 e. The molecule has 3 rings (SSSR count). The lowest BCUT2D eigenvalue weighted by atomic mass is 9.90. The van der Waals surface area contributed by atoms with Crippen LogP contribution in [-0.4, -0.2) is 31.4 Å². The van der Waals surface area contributed by atoms with Crippen molar-refractivity contribution in [3.05, 3.63) is 59.9 Å². The summed E-state index contributed by atoms with van der Waals surface area (Å²) in [5.41, 5.74) is 0.933. The maximum absolute atomic E-state index is 13.5. The number of para-hydroxylation sites is 1. The Bertz CT molecular complexity index is 733. The highest BCUT2D eigenvalue weighted by atomic mass is 19.1. The van der Waals surface area contributed by atoms with Gasteiger partial charge in [-0.3, -0.25) is 0 Å². The molecule has 2 aromatic carbocycles. The molecule has 0 aromatic heterocycles. The summed E-state index contributed by atoms with van der Waals surface area (Å²) >= 11 is 0. The van der Waals surface area contributed by atoms with Crippen molar-refractivity contribution in [1.29, 1.82) is 0 Å². The average molecular weight is 387 g/mol. The van der Waals surface area contributed by atoms with Crippen LogP contribution in [0.5, 0.6) is 11.5 Å². The van der Waals surface area contributed by atoms with Crippen LogP contribution in [0.2, 0.25) is 0 Å². The maximum Gasteiger partial charge on any atom is 0.133 e. The second-order valence-corrected chi connectivity index (χ2v) is 7.43. The molecule has 5 heteroatoms. The van der Waals surface area contributed by atoms with Crippen LogP contribution < -0.4 is 10.1 Å². The normalized spacial score (nSPS) is 19.2. The topological polar surface area (TPSA) is 50.7 Å². The number of halogens is 1. The van der Waals surface area contributed by atoms with Crippen LogP contribution in [0.25, 0.3) is 0 Å². The molecule has 0 bridgehead atoms. The summed E-state index contributed by atoms with van der Waals surface area (Å²) < 4.78 is 25.1. The second-order valence-electron chi connectivity index (χ2n) is 7.43. The van der Waals surface area contributed by atoms with Crippen molar-refractivity contribution in [3.63, 3.8) is 0 Å². The molecule has 0 saturated carbocycles. The maximum atomic E-state index is 13.5. The SMILES string of the molecule is COC(CCCC(O)C1CCCNC1)c1ccccc1Oc1cccc(F)c1. The van der Waals surface area contributed by atoms with E-state index in [2.05, 4.69) is 5.32 Å². The van der Waals surface area contributed by atoms with Crippen molar-refractivity contribution >= 4 is 0 Å². The standard InChI is InChI=1S/C23H30FNO3/c1-27-22(13-5-11-21(26)17-7-6-14-25-16-17)20-10-2-3-12-23(20)28-19-9-4-8-18(24)15-19/h2-4,8-10,12,15,17,21-22,25-26H,5-7,11,13-14,16H2,1H3. The first-order chi connectivity index (χ1) is 13.7. The predicted molar refractivity (Wildman–Crippen MR) is 108 cm³/mol. The molecule has 1 heterocycles. The van der Waals surface area contributed by atoms with Crippen LogP contribution >= 0.6 is 0 Å². The van der Waals surface area contributed by atoms with E-state index in [4.69, 9.17) is 9.47 Å². The molecule has 3 atom stereocenters. The first-order valence-corrected chi connectivity index (χ1v) is 10.1. The molecule has 4 nitrogen and oxygen atoms in total. The summed E-state index contributed by atoms with van der Waals surface area (Å²) in [7, 11) is 1.69. The van der Waals surface area contributed by atoms with Crippen molar-refractivity contribution in [2.24, 2.45) is 5.92 Å². The lowest BCUT2D eigenvalue weighted by Gasteiger charge is -2.27. The molecule has 1 aliphatic rings. The van der Waals surface area contributed by atoms with Gasteiger partial charge >= 0.3 is 0 Å². The zero-order valence-electron chi connectivity index (χ0n) is 16.4. The minimum Gasteiger partial charge on any atom is -0.457 e. The van der Waals surface area contributed by atoms with Gasteiger partial charge in [-0.1, -0.05) is 24.3 Å². The van der Waals surface area contributed by atoms with Crippen molar-refractivity contribution in [2.75, 3.05) is 20.2 Å². The van der Waals surface area contributed by atoms with Crippen LogP contribution in [0.4, 0.5) is 4.39 Å². The fourth-order valence-electron chi connectivity index (χ4n) is 3.85. The van der Waals surface area contributed by atoms with Gasteiger partial charge in [-0.2, -0.15) is 0 Å². The molecule has 2 N–H and O–H groups in total. The minimum absolute atomic E-state index is 0.138. The quantitative estimate of drug-likeness (QED) is 0.647. The Balaban J connectivity index is 1.60. The van der Waals surface area contributed by atoms with E-state index in [0.29, 0.717) is 17.4 Å². The number of piperidine rings is 1. The molecule has 0 aliphatic carbocycles. The molecular formula is C23H30FNO3. The summed E-state index contributed by atoms with van der Waals surface area (Å²) in [6, 6.07) is 13.8. The molecule has 152 valence electrons. The fraction of sp³-hybridized carbons (Fsp3) is 0.478. The summed E-state index contributed by atoms with van der Waals surface area (Å²) in [6.07, 6.45) is 4.23. The van der Waals surface area contributed by atoms with Crippen LogP contribution in [0.3, 0.4) is 0 Å². The molecule has 0 radical (unpaired) electrons. The molecule has 28 heavy (non-hydrogen) atoms. The van der Waals surface area contributed by atoms with Gasteiger partial charge < -0.3 is 19.9 Å². The molecule has 1 fully saturated rings. The Labute approximate surface area is 166 Å². The van der Waals surface area contributed by atoms with Crippen LogP contribution in [0.1, 0.15) is 43.8 Å². The number of ether oxygens (including phenoxy) is 2. The molecule has 0 spiro atoms. The van der Waals surface area contributed by atoms with E-state index in [-0.39, 0.29) is 18.0 Å². The van der Waals surface area contributed by atoms with Crippen molar-refractivity contribution in [1.82, 2.24) is 5.32 Å². The summed E-state index contributed by atoms with van der Waals surface area (Å²) in [5.74, 6) is 1.14. The third-order valence-electron chi connectivity index (χ3n) is 5.42. The number of aliphatic hydroxyl groups excluding tert-OH is 1. The van der Waals surface area contributed by atoms with E-state index < -0.39 is 0 Å². The minimum atomic E-state index is -0.329. The number of aliphatic hydroxyl groups is 1. The van der Waals surface area contributed by atoms with Gasteiger partial charge in [-0.05, 0) is 62.8 Å². The average Bonchev–Trinajstić information content (AvgIpc) is 2.72. The summed E-state index contributed by atoms with van der Waals surface area (Å²) in [6.45, 7) is 1.95. The number of hydrogen-bond donors (Lipinski definition) is 2. The third kappa shape index (κ3) is 5.77. The van der Waals surface area contributed by atoms with Crippen LogP contribution in [0, 0.1) is 11.7 Å². The van der Waals surface area contributed by atoms with Gasteiger partial charge in [0.05, 0.1) is 12.2 Å². The number of methoxy groups -OCH3 is 1. The highest BCUT2D eigenvalue weighted by Crippen LogP contribution is 2.34. The number of hydrogen-bond acceptors (Lipinski definition) is 4. The molecule has 0 amide bonds. The van der Waals surface area contributed by atoms with Crippen molar-refractivity contribution in [2.45, 2.75) is 44.3 Å². The number of benzene rings is 2. The Morgan fingerprint density at radius 2 is 2.04 bits per heavy atom. The highest BCUT2D eigenvalue weighted by molar-refractivity contribution is 5.39. The zero-order chi connectivity index (χ0) is 19.8. The van der Waals surface area contributed by atoms with E-state index in [0.717, 1.165) is 50.8 Å². The van der Waals surface area contributed by atoms with Gasteiger partial charge in [0, 0.05) is 25.3 Å².